The number of hydrogen-bond acceptors (Lipinski definition) is 3. The maximum absolute atomic E-state index is 11.2. The van der Waals surface area contributed by atoms with Crippen LogP contribution in [0.4, 0.5) is 0 Å². The third-order valence-corrected chi connectivity index (χ3v) is 3.98. The Morgan fingerprint density at radius 1 is 0.792 bits per heavy atom. The van der Waals surface area contributed by atoms with Crippen LogP contribution in [0.1, 0.15) is 96.8 Å². The van der Waals surface area contributed by atoms with E-state index in [1.807, 2.05) is 14.1 Å². The third kappa shape index (κ3) is 26.6. The van der Waals surface area contributed by atoms with Crippen LogP contribution in [-0.4, -0.2) is 32.6 Å². The van der Waals surface area contributed by atoms with Crippen molar-refractivity contribution in [2.45, 2.75) is 96.8 Å². The summed E-state index contributed by atoms with van der Waals surface area (Å²) in [6.45, 7) is 2.61. The molecule has 4 heteroatoms. The molecule has 0 unspecified atom stereocenters. The van der Waals surface area contributed by atoms with Crippen molar-refractivity contribution in [3.05, 3.63) is 0 Å². The molecule has 0 aliphatic rings. The number of rotatable bonds is 16. The van der Waals surface area contributed by atoms with E-state index in [0.29, 0.717) is 18.9 Å². The van der Waals surface area contributed by atoms with Crippen LogP contribution in [0, 0.1) is 0 Å². The van der Waals surface area contributed by atoms with Gasteiger partial charge in [-0.3, -0.25) is 4.79 Å². The molecule has 0 saturated carbocycles. The van der Waals surface area contributed by atoms with Crippen LogP contribution >= 0.6 is 11.6 Å². The lowest BCUT2D eigenvalue weighted by atomic mass is 10.0. The van der Waals surface area contributed by atoms with Gasteiger partial charge in [-0.15, -0.1) is 11.6 Å². The average Bonchev–Trinajstić information content (AvgIpc) is 2.58. The van der Waals surface area contributed by atoms with Gasteiger partial charge in [0.1, 0.15) is 6.61 Å². The van der Waals surface area contributed by atoms with Gasteiger partial charge in [0.15, 0.2) is 0 Å². The Labute approximate surface area is 156 Å². The Morgan fingerprint density at radius 2 is 1.17 bits per heavy atom. The highest BCUT2D eigenvalue weighted by Crippen LogP contribution is 2.13. The molecule has 3 nitrogen and oxygen atoms in total. The highest BCUT2D eigenvalue weighted by molar-refractivity contribution is 6.18. The van der Waals surface area contributed by atoms with Crippen LogP contribution in [0.2, 0.25) is 0 Å². The van der Waals surface area contributed by atoms with Crippen LogP contribution in [0.5, 0.6) is 0 Å². The monoisotopic (exact) mass is 363 g/mol. The molecule has 0 atom stereocenters. The van der Waals surface area contributed by atoms with E-state index < -0.39 is 0 Å². The van der Waals surface area contributed by atoms with Crippen molar-refractivity contribution < 1.29 is 9.53 Å². The first kappa shape index (κ1) is 26.0. The van der Waals surface area contributed by atoms with Crippen molar-refractivity contribution in [1.29, 1.82) is 0 Å². The molecule has 146 valence electrons. The lowest BCUT2D eigenvalue weighted by molar-refractivity contribution is -0.143. The summed E-state index contributed by atoms with van der Waals surface area (Å²) >= 11 is 5.45. The fourth-order valence-corrected chi connectivity index (χ4v) is 2.59. The lowest BCUT2D eigenvalue weighted by Crippen LogP contribution is -2.06. The molecule has 0 aliphatic heterocycles. The van der Waals surface area contributed by atoms with Gasteiger partial charge in [0, 0.05) is 6.42 Å². The van der Waals surface area contributed by atoms with Gasteiger partial charge in [-0.1, -0.05) is 84.0 Å². The van der Waals surface area contributed by atoms with E-state index in [9.17, 15) is 4.79 Å². The first-order valence-corrected chi connectivity index (χ1v) is 10.6. The number of carbonyl (C=O) groups is 1. The molecule has 24 heavy (non-hydrogen) atoms. The maximum Gasteiger partial charge on any atom is 0.305 e. The molecule has 0 rings (SSSR count). The number of nitrogens with one attached hydrogen (secondary N) is 1. The molecule has 0 saturated heterocycles. The van der Waals surface area contributed by atoms with Crippen molar-refractivity contribution in [3.8, 4) is 0 Å². The molecule has 0 radical (unpaired) electrons. The first-order chi connectivity index (χ1) is 11.7. The predicted molar refractivity (Wildman–Crippen MR) is 107 cm³/mol. The molecule has 0 aromatic carbocycles. The quantitative estimate of drug-likeness (QED) is 0.205. The van der Waals surface area contributed by atoms with Crippen LogP contribution in [0.15, 0.2) is 0 Å². The highest BCUT2D eigenvalue weighted by atomic mass is 35.5. The third-order valence-electron chi connectivity index (χ3n) is 3.82. The van der Waals surface area contributed by atoms with Crippen LogP contribution in [-0.2, 0) is 9.53 Å². The fourth-order valence-electron chi connectivity index (χ4n) is 2.51. The fraction of sp³-hybridized carbons (Fsp3) is 0.950. The molecule has 0 amide bonds. The molecular formula is C20H42ClNO2. The molecule has 0 spiro atoms. The summed E-state index contributed by atoms with van der Waals surface area (Å²) in [6, 6.07) is 0. The minimum Gasteiger partial charge on any atom is -0.464 e. The molecule has 0 bridgehead atoms. The Balaban J connectivity index is 0. The van der Waals surface area contributed by atoms with Gasteiger partial charge < -0.3 is 10.1 Å². The lowest BCUT2D eigenvalue weighted by Gasteiger charge is -2.03. The second-order valence-electron chi connectivity index (χ2n) is 6.40. The van der Waals surface area contributed by atoms with Gasteiger partial charge in [-0.2, -0.15) is 0 Å². The topological polar surface area (TPSA) is 38.3 Å². The van der Waals surface area contributed by atoms with Crippen molar-refractivity contribution in [2.75, 3.05) is 26.6 Å². The Morgan fingerprint density at radius 3 is 1.54 bits per heavy atom. The van der Waals surface area contributed by atoms with Gasteiger partial charge in [0.25, 0.3) is 0 Å². The Hall–Kier alpha value is -0.280. The summed E-state index contributed by atoms with van der Waals surface area (Å²) in [5.74, 6) is 0.295. The van der Waals surface area contributed by atoms with Crippen molar-refractivity contribution in [3.63, 3.8) is 0 Å². The molecular weight excluding hydrogens is 322 g/mol. The zero-order valence-corrected chi connectivity index (χ0v) is 17.3. The second-order valence-corrected chi connectivity index (χ2v) is 6.78. The summed E-state index contributed by atoms with van der Waals surface area (Å²) in [4.78, 5) is 11.2. The number of halogens is 1. The number of esters is 1. The van der Waals surface area contributed by atoms with Gasteiger partial charge in [0.2, 0.25) is 0 Å². The first-order valence-electron chi connectivity index (χ1n) is 10.0. The number of carbonyl (C=O) groups excluding carboxylic acids is 1. The Kier molecular flexibility index (Phi) is 27.0. The zero-order chi connectivity index (χ0) is 18.3. The summed E-state index contributed by atoms with van der Waals surface area (Å²) in [7, 11) is 3.75. The minimum atomic E-state index is -0.0984. The molecule has 0 fully saturated rings. The minimum absolute atomic E-state index is 0.0984. The second kappa shape index (κ2) is 25.0. The van der Waals surface area contributed by atoms with E-state index in [1.54, 1.807) is 0 Å². The van der Waals surface area contributed by atoms with E-state index in [0.717, 1.165) is 12.8 Å². The Bertz CT molecular complexity index is 238. The van der Waals surface area contributed by atoms with Crippen molar-refractivity contribution in [2.24, 2.45) is 0 Å². The number of ether oxygens (including phenoxy) is 1. The van der Waals surface area contributed by atoms with Crippen LogP contribution in [0.3, 0.4) is 0 Å². The van der Waals surface area contributed by atoms with Gasteiger partial charge in [0.05, 0.1) is 5.88 Å². The molecule has 0 aromatic heterocycles. The number of hydrogen-bond donors (Lipinski definition) is 1. The van der Waals surface area contributed by atoms with Crippen molar-refractivity contribution >= 4 is 17.6 Å². The maximum atomic E-state index is 11.2. The van der Waals surface area contributed by atoms with E-state index in [-0.39, 0.29) is 5.97 Å². The van der Waals surface area contributed by atoms with Gasteiger partial charge >= 0.3 is 5.97 Å². The van der Waals surface area contributed by atoms with E-state index >= 15 is 0 Å². The molecule has 0 heterocycles. The summed E-state index contributed by atoms with van der Waals surface area (Å²) in [5, 5.41) is 2.75. The molecule has 0 aromatic rings. The highest BCUT2D eigenvalue weighted by Gasteiger charge is 2.01. The molecule has 1 N–H and O–H groups in total. The zero-order valence-electron chi connectivity index (χ0n) is 16.5. The van der Waals surface area contributed by atoms with E-state index in [4.69, 9.17) is 16.3 Å². The largest absolute Gasteiger partial charge is 0.464 e. The van der Waals surface area contributed by atoms with Crippen LogP contribution < -0.4 is 5.32 Å². The smallest absolute Gasteiger partial charge is 0.305 e. The van der Waals surface area contributed by atoms with E-state index in [1.165, 1.54) is 70.6 Å². The van der Waals surface area contributed by atoms with E-state index in [2.05, 4.69) is 12.2 Å². The summed E-state index contributed by atoms with van der Waals surface area (Å²) in [5.41, 5.74) is 0. The van der Waals surface area contributed by atoms with Gasteiger partial charge in [-0.25, -0.2) is 0 Å². The predicted octanol–water partition coefficient (Wildman–Crippen LogP) is 6.09. The average molecular weight is 364 g/mol. The van der Waals surface area contributed by atoms with Gasteiger partial charge in [-0.05, 0) is 20.5 Å². The SMILES string of the molecule is CCCCCCCCCCCCCCCC(=O)OCCCl.CNC. The summed E-state index contributed by atoms with van der Waals surface area (Å²) < 4.78 is 4.93. The van der Waals surface area contributed by atoms with Crippen LogP contribution in [0.25, 0.3) is 0 Å². The normalized spacial score (nSPS) is 10.2. The van der Waals surface area contributed by atoms with Crippen molar-refractivity contribution in [1.82, 2.24) is 5.32 Å². The number of unbranched alkanes of at least 4 members (excludes halogenated alkanes) is 12. The standard InChI is InChI=1S/C18H35ClO2.C2H7N/c1-2-3-4-5-6-7-8-9-10-11-12-13-14-15-18(20)21-17-16-19;1-3-2/h2-17H2,1H3;3H,1-2H3. The molecule has 0 aliphatic carbocycles. The summed E-state index contributed by atoms with van der Waals surface area (Å²) in [6.07, 6.45) is 17.8. The number of alkyl halides is 1.